The van der Waals surface area contributed by atoms with E-state index in [1.807, 2.05) is 0 Å². The highest BCUT2D eigenvalue weighted by Crippen LogP contribution is 2.12. The summed E-state index contributed by atoms with van der Waals surface area (Å²) in [5.74, 6) is 0. The first-order valence-electron chi connectivity index (χ1n) is 5.68. The largest absolute Gasteiger partial charge is 0.399 e. The van der Waals surface area contributed by atoms with Gasteiger partial charge < -0.3 is 4.74 Å². The molecule has 0 aromatic heterocycles. The summed E-state index contributed by atoms with van der Waals surface area (Å²) in [5, 5.41) is 0. The molecule has 0 rings (SSSR count). The highest BCUT2D eigenvalue weighted by molar-refractivity contribution is 7.80. The number of ether oxygens (including phenoxy) is 1. The summed E-state index contributed by atoms with van der Waals surface area (Å²) < 4.78 is 38.4. The Morgan fingerprint density at radius 2 is 1.69 bits per heavy atom. The SMILES string of the molecule is CCCCCCCCC(OC)OS(=O)(=O)O. The van der Waals surface area contributed by atoms with E-state index < -0.39 is 16.7 Å². The van der Waals surface area contributed by atoms with E-state index in [4.69, 9.17) is 9.29 Å². The molecule has 0 aliphatic rings. The second-order valence-corrected chi connectivity index (χ2v) is 4.79. The molecule has 0 aliphatic carbocycles. The fraction of sp³-hybridized carbons (Fsp3) is 1.00. The van der Waals surface area contributed by atoms with Crippen LogP contribution in [0.5, 0.6) is 0 Å². The van der Waals surface area contributed by atoms with E-state index in [9.17, 15) is 8.42 Å². The average molecular weight is 254 g/mol. The molecule has 0 radical (unpaired) electrons. The molecule has 98 valence electrons. The highest BCUT2D eigenvalue weighted by atomic mass is 32.3. The van der Waals surface area contributed by atoms with Crippen molar-refractivity contribution in [3.8, 4) is 0 Å². The van der Waals surface area contributed by atoms with E-state index in [0.29, 0.717) is 6.42 Å². The van der Waals surface area contributed by atoms with E-state index in [2.05, 4.69) is 11.1 Å². The van der Waals surface area contributed by atoms with Gasteiger partial charge in [0.2, 0.25) is 0 Å². The predicted molar refractivity (Wildman–Crippen MR) is 61.4 cm³/mol. The van der Waals surface area contributed by atoms with Crippen molar-refractivity contribution in [2.24, 2.45) is 0 Å². The van der Waals surface area contributed by atoms with Gasteiger partial charge in [-0.25, -0.2) is 4.18 Å². The standard InChI is InChI=1S/C10H22O5S/c1-3-4-5-6-7-8-9-10(14-2)15-16(11,12)13/h10H,3-9H2,1-2H3,(H,11,12,13). The van der Waals surface area contributed by atoms with Crippen LogP contribution in [-0.4, -0.2) is 26.4 Å². The van der Waals surface area contributed by atoms with Crippen LogP contribution in [0.3, 0.4) is 0 Å². The van der Waals surface area contributed by atoms with Gasteiger partial charge >= 0.3 is 10.4 Å². The minimum atomic E-state index is -4.41. The summed E-state index contributed by atoms with van der Waals surface area (Å²) in [4.78, 5) is 0. The Balaban J connectivity index is 3.56. The lowest BCUT2D eigenvalue weighted by Gasteiger charge is -2.12. The van der Waals surface area contributed by atoms with E-state index in [1.165, 1.54) is 26.4 Å². The maximum atomic E-state index is 10.4. The number of rotatable bonds is 10. The molecule has 1 N–H and O–H groups in total. The van der Waals surface area contributed by atoms with Crippen molar-refractivity contribution < 1.29 is 21.9 Å². The minimum Gasteiger partial charge on any atom is -0.355 e. The number of unbranched alkanes of at least 4 members (excludes halogenated alkanes) is 5. The molecule has 0 aromatic carbocycles. The Morgan fingerprint density at radius 3 is 2.19 bits per heavy atom. The maximum Gasteiger partial charge on any atom is 0.399 e. The number of hydrogen-bond acceptors (Lipinski definition) is 4. The van der Waals surface area contributed by atoms with Crippen LogP contribution in [-0.2, 0) is 19.3 Å². The summed E-state index contributed by atoms with van der Waals surface area (Å²) in [6.07, 6.45) is 6.22. The molecule has 0 amide bonds. The Morgan fingerprint density at radius 1 is 1.12 bits per heavy atom. The number of hydrogen-bond donors (Lipinski definition) is 1. The lowest BCUT2D eigenvalue weighted by Crippen LogP contribution is -2.19. The van der Waals surface area contributed by atoms with Gasteiger partial charge in [-0.1, -0.05) is 39.0 Å². The molecule has 0 heterocycles. The number of methoxy groups -OCH3 is 1. The van der Waals surface area contributed by atoms with Gasteiger partial charge in [0.05, 0.1) is 0 Å². The van der Waals surface area contributed by atoms with Crippen LogP contribution in [0.4, 0.5) is 0 Å². The molecule has 0 aliphatic heterocycles. The van der Waals surface area contributed by atoms with Crippen LogP contribution < -0.4 is 0 Å². The fourth-order valence-corrected chi connectivity index (χ4v) is 1.88. The average Bonchev–Trinajstić information content (AvgIpc) is 2.19. The van der Waals surface area contributed by atoms with Crippen LogP contribution in [0.25, 0.3) is 0 Å². The van der Waals surface area contributed by atoms with Crippen LogP contribution in [0, 0.1) is 0 Å². The molecule has 16 heavy (non-hydrogen) atoms. The zero-order chi connectivity index (χ0) is 12.4. The van der Waals surface area contributed by atoms with Gasteiger partial charge in [0, 0.05) is 7.11 Å². The van der Waals surface area contributed by atoms with Crippen molar-refractivity contribution in [1.29, 1.82) is 0 Å². The molecule has 0 bridgehead atoms. The summed E-state index contributed by atoms with van der Waals surface area (Å²) in [6, 6.07) is 0. The molecule has 1 unspecified atom stereocenters. The second kappa shape index (κ2) is 8.92. The van der Waals surface area contributed by atoms with Crippen LogP contribution >= 0.6 is 0 Å². The summed E-state index contributed by atoms with van der Waals surface area (Å²) in [6.45, 7) is 2.15. The molecule has 5 nitrogen and oxygen atoms in total. The maximum absolute atomic E-state index is 10.4. The Bertz CT molecular complexity index is 250. The molecule has 0 spiro atoms. The first kappa shape index (κ1) is 15.8. The van der Waals surface area contributed by atoms with E-state index in [-0.39, 0.29) is 0 Å². The predicted octanol–water partition coefficient (Wildman–Crippen LogP) is 2.53. The zero-order valence-electron chi connectivity index (χ0n) is 10.0. The lowest BCUT2D eigenvalue weighted by molar-refractivity contribution is -0.0609. The van der Waals surface area contributed by atoms with Gasteiger partial charge in [-0.15, -0.1) is 0 Å². The Hall–Kier alpha value is -0.170. The summed E-state index contributed by atoms with van der Waals surface area (Å²) in [5.41, 5.74) is 0. The molecule has 1 atom stereocenters. The van der Waals surface area contributed by atoms with E-state index >= 15 is 0 Å². The molecule has 0 fully saturated rings. The van der Waals surface area contributed by atoms with Gasteiger partial charge in [-0.2, -0.15) is 8.42 Å². The van der Waals surface area contributed by atoms with Crippen LogP contribution in [0.2, 0.25) is 0 Å². The van der Waals surface area contributed by atoms with E-state index in [1.54, 1.807) is 0 Å². The van der Waals surface area contributed by atoms with Crippen LogP contribution in [0.15, 0.2) is 0 Å². The second-order valence-electron chi connectivity index (χ2n) is 3.75. The summed E-state index contributed by atoms with van der Waals surface area (Å²) >= 11 is 0. The van der Waals surface area contributed by atoms with Gasteiger partial charge in [-0.3, -0.25) is 4.55 Å². The molecule has 0 saturated carbocycles. The zero-order valence-corrected chi connectivity index (χ0v) is 10.8. The third-order valence-electron chi connectivity index (χ3n) is 2.29. The Kier molecular flexibility index (Phi) is 8.83. The van der Waals surface area contributed by atoms with Gasteiger partial charge in [0.25, 0.3) is 0 Å². The Labute approximate surface area is 98.1 Å². The first-order valence-corrected chi connectivity index (χ1v) is 7.04. The van der Waals surface area contributed by atoms with Crippen molar-refractivity contribution in [3.63, 3.8) is 0 Å². The van der Waals surface area contributed by atoms with Gasteiger partial charge in [-0.05, 0) is 12.8 Å². The summed E-state index contributed by atoms with van der Waals surface area (Å²) in [7, 11) is -3.06. The van der Waals surface area contributed by atoms with Gasteiger partial charge in [0.15, 0.2) is 6.29 Å². The van der Waals surface area contributed by atoms with Gasteiger partial charge in [0.1, 0.15) is 0 Å². The highest BCUT2D eigenvalue weighted by Gasteiger charge is 2.15. The van der Waals surface area contributed by atoms with Crippen molar-refractivity contribution in [3.05, 3.63) is 0 Å². The quantitative estimate of drug-likeness (QED) is 0.368. The fourth-order valence-electron chi connectivity index (χ4n) is 1.43. The van der Waals surface area contributed by atoms with Crippen molar-refractivity contribution in [2.45, 2.75) is 58.2 Å². The molecular weight excluding hydrogens is 232 g/mol. The molecule has 0 aromatic rings. The first-order chi connectivity index (χ1) is 7.49. The molecule has 0 saturated heterocycles. The lowest BCUT2D eigenvalue weighted by atomic mass is 10.1. The third kappa shape index (κ3) is 10.4. The monoisotopic (exact) mass is 254 g/mol. The van der Waals surface area contributed by atoms with Crippen molar-refractivity contribution >= 4 is 10.4 Å². The van der Waals surface area contributed by atoms with Crippen molar-refractivity contribution in [1.82, 2.24) is 0 Å². The smallest absolute Gasteiger partial charge is 0.355 e. The third-order valence-corrected chi connectivity index (χ3v) is 2.74. The normalized spacial score (nSPS) is 13.9. The molecule has 6 heteroatoms. The minimum absolute atomic E-state index is 0.475. The van der Waals surface area contributed by atoms with Crippen LogP contribution in [0.1, 0.15) is 51.9 Å². The topological polar surface area (TPSA) is 72.8 Å². The molecular formula is C10H22O5S. The van der Waals surface area contributed by atoms with Crippen molar-refractivity contribution in [2.75, 3.05) is 7.11 Å². The van der Waals surface area contributed by atoms with E-state index in [0.717, 1.165) is 19.3 Å².